The summed E-state index contributed by atoms with van der Waals surface area (Å²) in [4.78, 5) is 6.52. The molecule has 0 bridgehead atoms. The van der Waals surface area contributed by atoms with E-state index in [1.54, 1.807) is 0 Å². The van der Waals surface area contributed by atoms with Crippen molar-refractivity contribution in [2.45, 2.75) is 6.42 Å². The number of aromatic nitrogens is 1. The van der Waals surface area contributed by atoms with E-state index in [0.29, 0.717) is 6.79 Å². The molecule has 0 N–H and O–H groups in total. The molecule has 104 valence electrons. The van der Waals surface area contributed by atoms with Crippen LogP contribution in [0, 0.1) is 0 Å². The van der Waals surface area contributed by atoms with Crippen molar-refractivity contribution >= 4 is 21.7 Å². The number of fused-ring (bicyclic) bond motifs is 1. The molecule has 2 heterocycles. The van der Waals surface area contributed by atoms with E-state index in [-0.39, 0.29) is 0 Å². The van der Waals surface area contributed by atoms with Crippen molar-refractivity contribution < 1.29 is 9.47 Å². The Morgan fingerprint density at radius 2 is 2.05 bits per heavy atom. The van der Waals surface area contributed by atoms with E-state index in [2.05, 4.69) is 31.9 Å². The van der Waals surface area contributed by atoms with Gasteiger partial charge in [0.15, 0.2) is 11.5 Å². The predicted molar refractivity (Wildman–Crippen MR) is 81.5 cm³/mol. The quantitative estimate of drug-likeness (QED) is 0.859. The van der Waals surface area contributed by atoms with Gasteiger partial charge in [-0.1, -0.05) is 6.07 Å². The molecule has 1 aliphatic rings. The van der Waals surface area contributed by atoms with Crippen molar-refractivity contribution in [1.29, 1.82) is 0 Å². The first-order chi connectivity index (χ1) is 9.72. The van der Waals surface area contributed by atoms with Gasteiger partial charge in [0, 0.05) is 24.3 Å². The van der Waals surface area contributed by atoms with Crippen LogP contribution in [0.4, 0.5) is 5.82 Å². The van der Waals surface area contributed by atoms with Crippen molar-refractivity contribution in [2.75, 3.05) is 25.3 Å². The SMILES string of the molecule is CN(CCc1ccc2c(c1)OCO2)c1ccc(Br)cn1. The summed E-state index contributed by atoms with van der Waals surface area (Å²) in [5.41, 5.74) is 1.23. The van der Waals surface area contributed by atoms with Crippen molar-refractivity contribution in [1.82, 2.24) is 4.98 Å². The second-order valence-corrected chi connectivity index (χ2v) is 5.61. The highest BCUT2D eigenvalue weighted by molar-refractivity contribution is 9.10. The summed E-state index contributed by atoms with van der Waals surface area (Å²) in [5, 5.41) is 0. The molecule has 0 spiro atoms. The lowest BCUT2D eigenvalue weighted by Crippen LogP contribution is -2.21. The minimum atomic E-state index is 0.321. The van der Waals surface area contributed by atoms with Gasteiger partial charge in [-0.15, -0.1) is 0 Å². The Labute approximate surface area is 126 Å². The molecule has 1 aromatic carbocycles. The monoisotopic (exact) mass is 334 g/mol. The van der Waals surface area contributed by atoms with Gasteiger partial charge in [0.05, 0.1) is 0 Å². The zero-order valence-corrected chi connectivity index (χ0v) is 12.8. The number of nitrogens with zero attached hydrogens (tertiary/aromatic N) is 2. The highest BCUT2D eigenvalue weighted by Gasteiger charge is 2.13. The van der Waals surface area contributed by atoms with Crippen LogP contribution in [0.2, 0.25) is 0 Å². The number of halogens is 1. The van der Waals surface area contributed by atoms with Crippen molar-refractivity contribution in [3.05, 3.63) is 46.6 Å². The third-order valence-electron chi connectivity index (χ3n) is 3.28. The molecule has 0 amide bonds. The molecular weight excluding hydrogens is 320 g/mol. The van der Waals surface area contributed by atoms with Crippen molar-refractivity contribution in [3.63, 3.8) is 0 Å². The average molecular weight is 335 g/mol. The number of likely N-dealkylation sites (N-methyl/N-ethyl adjacent to an activating group) is 1. The summed E-state index contributed by atoms with van der Waals surface area (Å²) in [6, 6.07) is 10.1. The Balaban J connectivity index is 1.63. The highest BCUT2D eigenvalue weighted by atomic mass is 79.9. The second kappa shape index (κ2) is 5.71. The Morgan fingerprint density at radius 3 is 2.85 bits per heavy atom. The van der Waals surface area contributed by atoms with Crippen LogP contribution in [0.25, 0.3) is 0 Å². The number of ether oxygens (including phenoxy) is 2. The van der Waals surface area contributed by atoms with Gasteiger partial charge < -0.3 is 14.4 Å². The molecule has 0 radical (unpaired) electrons. The van der Waals surface area contributed by atoms with Crippen molar-refractivity contribution in [3.8, 4) is 11.5 Å². The van der Waals surface area contributed by atoms with Gasteiger partial charge >= 0.3 is 0 Å². The summed E-state index contributed by atoms with van der Waals surface area (Å²) < 4.78 is 11.7. The average Bonchev–Trinajstić information content (AvgIpc) is 2.93. The molecule has 2 aromatic rings. The zero-order valence-electron chi connectivity index (χ0n) is 11.2. The second-order valence-electron chi connectivity index (χ2n) is 4.69. The zero-order chi connectivity index (χ0) is 13.9. The molecule has 0 saturated heterocycles. The van der Waals surface area contributed by atoms with Gasteiger partial charge in [0.2, 0.25) is 6.79 Å². The summed E-state index contributed by atoms with van der Waals surface area (Å²) >= 11 is 3.39. The van der Waals surface area contributed by atoms with Gasteiger partial charge in [-0.25, -0.2) is 4.98 Å². The first-order valence-corrected chi connectivity index (χ1v) is 7.23. The first-order valence-electron chi connectivity index (χ1n) is 6.43. The minimum Gasteiger partial charge on any atom is -0.454 e. The van der Waals surface area contributed by atoms with E-state index < -0.39 is 0 Å². The standard InChI is InChI=1S/C15H15BrN2O2/c1-18(15-5-3-12(16)9-17-15)7-6-11-2-4-13-14(8-11)20-10-19-13/h2-5,8-9H,6-7,10H2,1H3. The number of pyridine rings is 1. The van der Waals surface area contributed by atoms with Crippen molar-refractivity contribution in [2.24, 2.45) is 0 Å². The lowest BCUT2D eigenvalue weighted by atomic mass is 10.1. The summed E-state index contributed by atoms with van der Waals surface area (Å²) in [7, 11) is 2.04. The largest absolute Gasteiger partial charge is 0.454 e. The van der Waals surface area contributed by atoms with E-state index in [9.17, 15) is 0 Å². The molecule has 0 saturated carbocycles. The molecule has 5 heteroatoms. The maximum Gasteiger partial charge on any atom is 0.231 e. The topological polar surface area (TPSA) is 34.6 Å². The normalized spacial score (nSPS) is 12.5. The predicted octanol–water partition coefficient (Wildman–Crippen LogP) is 3.25. The van der Waals surface area contributed by atoms with Crippen LogP contribution in [-0.4, -0.2) is 25.4 Å². The van der Waals surface area contributed by atoms with Gasteiger partial charge in [0.1, 0.15) is 5.82 Å². The van der Waals surface area contributed by atoms with E-state index in [1.807, 2.05) is 37.5 Å². The third kappa shape index (κ3) is 2.88. The molecule has 1 aromatic heterocycles. The lowest BCUT2D eigenvalue weighted by Gasteiger charge is -2.18. The smallest absolute Gasteiger partial charge is 0.231 e. The Kier molecular flexibility index (Phi) is 3.78. The molecule has 0 unspecified atom stereocenters. The molecule has 0 atom stereocenters. The summed E-state index contributed by atoms with van der Waals surface area (Å²) in [6.07, 6.45) is 2.75. The van der Waals surface area contributed by atoms with Crippen LogP contribution in [0.15, 0.2) is 41.0 Å². The number of hydrogen-bond acceptors (Lipinski definition) is 4. The lowest BCUT2D eigenvalue weighted by molar-refractivity contribution is 0.174. The maximum atomic E-state index is 5.39. The molecular formula is C15H15BrN2O2. The summed E-state index contributed by atoms with van der Waals surface area (Å²) in [6.45, 7) is 1.22. The Morgan fingerprint density at radius 1 is 1.20 bits per heavy atom. The minimum absolute atomic E-state index is 0.321. The number of rotatable bonds is 4. The van der Waals surface area contributed by atoms with Crippen LogP contribution in [0.3, 0.4) is 0 Å². The van der Waals surface area contributed by atoms with Crippen LogP contribution in [0.5, 0.6) is 11.5 Å². The summed E-state index contributed by atoms with van der Waals surface area (Å²) in [5.74, 6) is 2.64. The van der Waals surface area contributed by atoms with E-state index in [4.69, 9.17) is 9.47 Å². The Hall–Kier alpha value is -1.75. The number of anilines is 1. The van der Waals surface area contributed by atoms with Crippen LogP contribution in [-0.2, 0) is 6.42 Å². The maximum absolute atomic E-state index is 5.39. The van der Waals surface area contributed by atoms with Gasteiger partial charge in [0.25, 0.3) is 0 Å². The highest BCUT2D eigenvalue weighted by Crippen LogP contribution is 2.32. The Bertz CT molecular complexity index is 601. The molecule has 0 aliphatic carbocycles. The van der Waals surface area contributed by atoms with E-state index >= 15 is 0 Å². The van der Waals surface area contributed by atoms with E-state index in [0.717, 1.165) is 34.8 Å². The van der Waals surface area contributed by atoms with Crippen LogP contribution < -0.4 is 14.4 Å². The molecule has 0 fully saturated rings. The first kappa shape index (κ1) is 13.2. The number of benzene rings is 1. The molecule has 3 rings (SSSR count). The molecule has 4 nitrogen and oxygen atoms in total. The molecule has 1 aliphatic heterocycles. The van der Waals surface area contributed by atoms with Crippen LogP contribution in [0.1, 0.15) is 5.56 Å². The van der Waals surface area contributed by atoms with Gasteiger partial charge in [-0.05, 0) is 52.2 Å². The third-order valence-corrected chi connectivity index (χ3v) is 3.74. The van der Waals surface area contributed by atoms with Gasteiger partial charge in [-0.2, -0.15) is 0 Å². The van der Waals surface area contributed by atoms with E-state index in [1.165, 1.54) is 5.56 Å². The van der Waals surface area contributed by atoms with Gasteiger partial charge in [-0.3, -0.25) is 0 Å². The number of hydrogen-bond donors (Lipinski definition) is 0. The fourth-order valence-electron chi connectivity index (χ4n) is 2.10. The molecule has 20 heavy (non-hydrogen) atoms. The fraction of sp³-hybridized carbons (Fsp3) is 0.267. The fourth-order valence-corrected chi connectivity index (χ4v) is 2.34. The van der Waals surface area contributed by atoms with Crippen LogP contribution >= 0.6 is 15.9 Å².